The number of ketones is 1. The van der Waals surface area contributed by atoms with Crippen molar-refractivity contribution in [1.82, 2.24) is 0 Å². The largest absolute Gasteiger partial charge is 0.300 e. The van der Waals surface area contributed by atoms with Crippen molar-refractivity contribution in [2.75, 3.05) is 0 Å². The van der Waals surface area contributed by atoms with E-state index in [0.29, 0.717) is 11.7 Å². The van der Waals surface area contributed by atoms with Gasteiger partial charge in [0, 0.05) is 12.8 Å². The molecule has 0 saturated heterocycles. The van der Waals surface area contributed by atoms with Crippen molar-refractivity contribution in [3.63, 3.8) is 0 Å². The van der Waals surface area contributed by atoms with Crippen LogP contribution in [-0.2, 0) is 11.2 Å². The highest BCUT2D eigenvalue weighted by atomic mass is 16.1. The molecule has 1 aromatic rings. The van der Waals surface area contributed by atoms with Gasteiger partial charge in [-0.25, -0.2) is 0 Å². The quantitative estimate of drug-likeness (QED) is 0.717. The van der Waals surface area contributed by atoms with E-state index in [2.05, 4.69) is 24.3 Å². The van der Waals surface area contributed by atoms with Crippen LogP contribution < -0.4 is 0 Å². The van der Waals surface area contributed by atoms with E-state index in [0.717, 1.165) is 25.7 Å². The summed E-state index contributed by atoms with van der Waals surface area (Å²) in [6.07, 6.45) is 10.3. The van der Waals surface area contributed by atoms with Crippen LogP contribution in [0.3, 0.4) is 0 Å². The zero-order valence-corrected chi connectivity index (χ0v) is 11.2. The number of hydrogen-bond donors (Lipinski definition) is 0. The Balaban J connectivity index is 1.62. The van der Waals surface area contributed by atoms with Gasteiger partial charge in [0.25, 0.3) is 0 Å². The molecule has 98 valence electrons. The molecular weight excluding hydrogens is 220 g/mol. The molecular formula is C17H24O. The lowest BCUT2D eigenvalue weighted by Gasteiger charge is -2.20. The molecule has 0 bridgehead atoms. The average molecular weight is 244 g/mol. The second-order valence-corrected chi connectivity index (χ2v) is 5.59. The van der Waals surface area contributed by atoms with Gasteiger partial charge >= 0.3 is 0 Å². The van der Waals surface area contributed by atoms with Gasteiger partial charge in [0.05, 0.1) is 0 Å². The molecule has 0 unspecified atom stereocenters. The maximum Gasteiger partial charge on any atom is 0.133 e. The molecule has 1 nitrogen and oxygen atoms in total. The van der Waals surface area contributed by atoms with Gasteiger partial charge in [-0.05, 0) is 24.3 Å². The van der Waals surface area contributed by atoms with Crippen molar-refractivity contribution < 1.29 is 4.79 Å². The number of carbonyl (C=O) groups excluding carboxylic acids is 1. The molecule has 0 aliphatic heterocycles. The topological polar surface area (TPSA) is 17.1 Å². The number of benzene rings is 1. The fraction of sp³-hybridized carbons (Fsp3) is 0.588. The van der Waals surface area contributed by atoms with Crippen molar-refractivity contribution in [2.45, 2.75) is 57.8 Å². The molecule has 1 saturated carbocycles. The van der Waals surface area contributed by atoms with E-state index >= 15 is 0 Å². The SMILES string of the molecule is O=C(CCCc1ccccc1)CC1CCCCC1. The molecule has 1 aliphatic carbocycles. The van der Waals surface area contributed by atoms with E-state index in [9.17, 15) is 4.79 Å². The summed E-state index contributed by atoms with van der Waals surface area (Å²) < 4.78 is 0. The molecule has 0 heterocycles. The summed E-state index contributed by atoms with van der Waals surface area (Å²) in [5.74, 6) is 1.18. The second kappa shape index (κ2) is 7.35. The normalized spacial score (nSPS) is 16.7. The smallest absolute Gasteiger partial charge is 0.133 e. The monoisotopic (exact) mass is 244 g/mol. The van der Waals surface area contributed by atoms with Gasteiger partial charge in [-0.1, -0.05) is 62.4 Å². The fourth-order valence-corrected chi connectivity index (χ4v) is 2.95. The van der Waals surface area contributed by atoms with Crippen LogP contribution in [0, 0.1) is 5.92 Å². The third-order valence-electron chi connectivity index (χ3n) is 4.00. The van der Waals surface area contributed by atoms with E-state index in [-0.39, 0.29) is 0 Å². The number of aryl methyl sites for hydroxylation is 1. The van der Waals surface area contributed by atoms with Crippen LogP contribution in [0.25, 0.3) is 0 Å². The summed E-state index contributed by atoms with van der Waals surface area (Å²) in [6, 6.07) is 10.5. The first-order valence-electron chi connectivity index (χ1n) is 7.40. The van der Waals surface area contributed by atoms with Gasteiger partial charge in [0.15, 0.2) is 0 Å². The Morgan fingerprint density at radius 1 is 1.06 bits per heavy atom. The highest BCUT2D eigenvalue weighted by Gasteiger charge is 2.16. The maximum absolute atomic E-state index is 11.9. The van der Waals surface area contributed by atoms with Crippen LogP contribution in [0.1, 0.15) is 56.9 Å². The Labute approximate surface area is 111 Å². The summed E-state index contributed by atoms with van der Waals surface area (Å²) in [4.78, 5) is 11.9. The Morgan fingerprint density at radius 3 is 2.50 bits per heavy atom. The zero-order chi connectivity index (χ0) is 12.6. The molecule has 1 aromatic carbocycles. The van der Waals surface area contributed by atoms with Gasteiger partial charge in [-0.15, -0.1) is 0 Å². The van der Waals surface area contributed by atoms with Crippen LogP contribution in [0.15, 0.2) is 30.3 Å². The minimum atomic E-state index is 0.484. The number of rotatable bonds is 6. The summed E-state index contributed by atoms with van der Waals surface area (Å²) in [5.41, 5.74) is 1.35. The van der Waals surface area contributed by atoms with E-state index in [1.165, 1.54) is 37.7 Å². The molecule has 1 aliphatic rings. The van der Waals surface area contributed by atoms with Gasteiger partial charge in [-0.3, -0.25) is 4.79 Å². The highest BCUT2D eigenvalue weighted by Crippen LogP contribution is 2.26. The van der Waals surface area contributed by atoms with Crippen molar-refractivity contribution in [3.05, 3.63) is 35.9 Å². The summed E-state index contributed by atoms with van der Waals surface area (Å²) >= 11 is 0. The fourth-order valence-electron chi connectivity index (χ4n) is 2.95. The molecule has 0 N–H and O–H groups in total. The van der Waals surface area contributed by atoms with Gasteiger partial charge in [-0.2, -0.15) is 0 Å². The lowest BCUT2D eigenvalue weighted by atomic mass is 9.85. The Morgan fingerprint density at radius 2 is 1.78 bits per heavy atom. The predicted octanol–water partition coefficient (Wildman–Crippen LogP) is 4.55. The van der Waals surface area contributed by atoms with Crippen LogP contribution in [0.4, 0.5) is 0 Å². The first kappa shape index (κ1) is 13.3. The van der Waals surface area contributed by atoms with Gasteiger partial charge < -0.3 is 0 Å². The highest BCUT2D eigenvalue weighted by molar-refractivity contribution is 5.78. The van der Waals surface area contributed by atoms with E-state index in [1.807, 2.05) is 6.07 Å². The van der Waals surface area contributed by atoms with Crippen molar-refractivity contribution in [3.8, 4) is 0 Å². The number of Topliss-reactive ketones (excluding diaryl/α,β-unsaturated/α-hetero) is 1. The molecule has 0 atom stereocenters. The summed E-state index contributed by atoms with van der Waals surface area (Å²) in [5, 5.41) is 0. The Kier molecular flexibility index (Phi) is 5.44. The van der Waals surface area contributed by atoms with E-state index < -0.39 is 0 Å². The minimum absolute atomic E-state index is 0.484. The predicted molar refractivity (Wildman–Crippen MR) is 75.6 cm³/mol. The third-order valence-corrected chi connectivity index (χ3v) is 4.00. The Hall–Kier alpha value is -1.11. The van der Waals surface area contributed by atoms with Crippen molar-refractivity contribution in [1.29, 1.82) is 0 Å². The molecule has 2 rings (SSSR count). The molecule has 1 heteroatoms. The summed E-state index contributed by atoms with van der Waals surface area (Å²) in [6.45, 7) is 0. The first-order chi connectivity index (χ1) is 8.84. The standard InChI is InChI=1S/C17H24O/c18-17(14-16-10-5-2-6-11-16)13-7-12-15-8-3-1-4-9-15/h1,3-4,8-9,16H,2,5-7,10-14H2. The zero-order valence-electron chi connectivity index (χ0n) is 11.2. The van der Waals surface area contributed by atoms with E-state index in [1.54, 1.807) is 0 Å². The van der Waals surface area contributed by atoms with Crippen LogP contribution >= 0.6 is 0 Å². The van der Waals surface area contributed by atoms with Crippen LogP contribution in [0.2, 0.25) is 0 Å². The number of carbonyl (C=O) groups is 1. The van der Waals surface area contributed by atoms with Crippen molar-refractivity contribution in [2.24, 2.45) is 5.92 Å². The first-order valence-corrected chi connectivity index (χ1v) is 7.40. The van der Waals surface area contributed by atoms with Crippen LogP contribution in [-0.4, -0.2) is 5.78 Å². The molecule has 0 radical (unpaired) electrons. The number of hydrogen-bond acceptors (Lipinski definition) is 1. The maximum atomic E-state index is 11.9. The average Bonchev–Trinajstić information content (AvgIpc) is 2.41. The Bertz CT molecular complexity index is 349. The molecule has 0 aromatic heterocycles. The van der Waals surface area contributed by atoms with Crippen LogP contribution in [0.5, 0.6) is 0 Å². The molecule has 18 heavy (non-hydrogen) atoms. The minimum Gasteiger partial charge on any atom is -0.300 e. The van der Waals surface area contributed by atoms with Gasteiger partial charge in [0.1, 0.15) is 5.78 Å². The molecule has 1 fully saturated rings. The lowest BCUT2D eigenvalue weighted by Crippen LogP contribution is -2.12. The summed E-state index contributed by atoms with van der Waals surface area (Å²) in [7, 11) is 0. The molecule has 0 spiro atoms. The second-order valence-electron chi connectivity index (χ2n) is 5.59. The van der Waals surface area contributed by atoms with E-state index in [4.69, 9.17) is 0 Å². The van der Waals surface area contributed by atoms with Gasteiger partial charge in [0.2, 0.25) is 0 Å². The third kappa shape index (κ3) is 4.64. The lowest BCUT2D eigenvalue weighted by molar-refractivity contribution is -0.120. The molecule has 0 amide bonds. The van der Waals surface area contributed by atoms with Crippen molar-refractivity contribution >= 4 is 5.78 Å².